The van der Waals surface area contributed by atoms with Gasteiger partial charge in [-0.25, -0.2) is 0 Å². The number of anilines is 1. The van der Waals surface area contributed by atoms with Crippen molar-refractivity contribution in [2.45, 2.75) is 56.8 Å². The Kier molecular flexibility index (Phi) is 4.09. The molecule has 0 aromatic heterocycles. The average molecular weight is 356 g/mol. The molecule has 138 valence electrons. The van der Waals surface area contributed by atoms with E-state index in [0.29, 0.717) is 24.9 Å². The summed E-state index contributed by atoms with van der Waals surface area (Å²) in [5.74, 6) is -0.266. The molecule has 0 radical (unpaired) electrons. The molecular weight excluding hydrogens is 332 g/mol. The lowest BCUT2D eigenvalue weighted by atomic mass is 9.95. The molecule has 1 saturated carbocycles. The van der Waals surface area contributed by atoms with Gasteiger partial charge in [0.05, 0.1) is 5.56 Å². The van der Waals surface area contributed by atoms with Gasteiger partial charge in [-0.3, -0.25) is 14.4 Å². The van der Waals surface area contributed by atoms with Crippen molar-refractivity contribution in [3.8, 4) is 0 Å². The van der Waals surface area contributed by atoms with Crippen LogP contribution in [0.2, 0.25) is 0 Å². The Bertz CT molecular complexity index is 761. The molecule has 26 heavy (non-hydrogen) atoms. The van der Waals surface area contributed by atoms with Gasteiger partial charge in [0.25, 0.3) is 5.91 Å². The van der Waals surface area contributed by atoms with Gasteiger partial charge in [-0.1, -0.05) is 12.1 Å². The number of para-hydroxylation sites is 1. The summed E-state index contributed by atoms with van der Waals surface area (Å²) in [4.78, 5) is 39.1. The van der Waals surface area contributed by atoms with E-state index in [1.54, 1.807) is 17.9 Å². The van der Waals surface area contributed by atoms with Gasteiger partial charge in [-0.05, 0) is 38.3 Å². The minimum absolute atomic E-state index is 0.0461. The number of nitrogens with one attached hydrogen (secondary N) is 3. The van der Waals surface area contributed by atoms with Crippen molar-refractivity contribution < 1.29 is 14.4 Å². The van der Waals surface area contributed by atoms with Gasteiger partial charge >= 0.3 is 0 Å². The molecule has 1 spiro atoms. The fraction of sp³-hybridized carbons (Fsp3) is 0.526. The van der Waals surface area contributed by atoms with Crippen LogP contribution >= 0.6 is 0 Å². The predicted molar refractivity (Wildman–Crippen MR) is 96.5 cm³/mol. The van der Waals surface area contributed by atoms with Gasteiger partial charge in [0, 0.05) is 31.1 Å². The molecule has 0 unspecified atom stereocenters. The molecule has 3 aliphatic rings. The first kappa shape index (κ1) is 16.9. The van der Waals surface area contributed by atoms with E-state index in [1.807, 2.05) is 18.2 Å². The van der Waals surface area contributed by atoms with Crippen molar-refractivity contribution in [3.63, 3.8) is 0 Å². The average Bonchev–Trinajstić information content (AvgIpc) is 3.44. The zero-order valence-electron chi connectivity index (χ0n) is 14.9. The number of nitrogens with zero attached hydrogens (tertiary/aromatic N) is 1. The summed E-state index contributed by atoms with van der Waals surface area (Å²) >= 11 is 0. The van der Waals surface area contributed by atoms with Crippen molar-refractivity contribution in [1.29, 1.82) is 0 Å². The lowest BCUT2D eigenvalue weighted by molar-refractivity contribution is -0.139. The fourth-order valence-corrected chi connectivity index (χ4v) is 3.74. The minimum atomic E-state index is -0.650. The van der Waals surface area contributed by atoms with Crippen LogP contribution in [0.5, 0.6) is 0 Å². The molecule has 7 heteroatoms. The smallest absolute Gasteiger partial charge is 0.255 e. The maximum Gasteiger partial charge on any atom is 0.255 e. The Balaban J connectivity index is 1.49. The highest BCUT2D eigenvalue weighted by atomic mass is 16.2. The zero-order valence-corrected chi connectivity index (χ0v) is 14.9. The molecule has 3 amide bonds. The second-order valence-corrected chi connectivity index (χ2v) is 7.50. The van der Waals surface area contributed by atoms with E-state index in [-0.39, 0.29) is 30.2 Å². The molecule has 2 fully saturated rings. The van der Waals surface area contributed by atoms with Crippen LogP contribution in [0.1, 0.15) is 49.4 Å². The molecule has 7 nitrogen and oxygen atoms in total. The maximum absolute atomic E-state index is 12.6. The molecule has 1 saturated heterocycles. The Morgan fingerprint density at radius 1 is 1.23 bits per heavy atom. The van der Waals surface area contributed by atoms with Crippen LogP contribution < -0.4 is 16.0 Å². The number of likely N-dealkylation sites (tertiary alicyclic amines) is 1. The Hall–Kier alpha value is -2.57. The second kappa shape index (κ2) is 6.30. The van der Waals surface area contributed by atoms with E-state index < -0.39 is 11.7 Å². The van der Waals surface area contributed by atoms with Gasteiger partial charge in [0.15, 0.2) is 0 Å². The molecule has 1 aromatic carbocycles. The van der Waals surface area contributed by atoms with Crippen molar-refractivity contribution in [2.24, 2.45) is 0 Å². The number of amides is 3. The first-order chi connectivity index (χ1) is 12.5. The number of rotatable bonds is 3. The van der Waals surface area contributed by atoms with Gasteiger partial charge in [0.2, 0.25) is 11.8 Å². The standard InChI is InChI=1S/C19H24N4O3/c1-12(17(25)20-13-6-7-13)23-11-10-19(9-8-16(23)24)21-15-5-3-2-4-14(15)18(26)22-19/h2-5,12-13,21H,6-11H2,1H3,(H,20,25)(H,22,26)/t12-,19+/m0/s1. The molecular formula is C19H24N4O3. The second-order valence-electron chi connectivity index (χ2n) is 7.50. The highest BCUT2D eigenvalue weighted by molar-refractivity contribution is 6.02. The van der Waals surface area contributed by atoms with Crippen LogP contribution in [0.3, 0.4) is 0 Å². The van der Waals surface area contributed by atoms with E-state index in [2.05, 4.69) is 16.0 Å². The van der Waals surface area contributed by atoms with Crippen LogP contribution in [0.4, 0.5) is 5.69 Å². The summed E-state index contributed by atoms with van der Waals surface area (Å²) in [5.41, 5.74) is 0.752. The minimum Gasteiger partial charge on any atom is -0.362 e. The van der Waals surface area contributed by atoms with Gasteiger partial charge in [-0.2, -0.15) is 0 Å². The third-order valence-electron chi connectivity index (χ3n) is 5.53. The Morgan fingerprint density at radius 2 is 2.00 bits per heavy atom. The molecule has 3 N–H and O–H groups in total. The predicted octanol–water partition coefficient (Wildman–Crippen LogP) is 1.22. The largest absolute Gasteiger partial charge is 0.362 e. The van der Waals surface area contributed by atoms with Crippen molar-refractivity contribution in [3.05, 3.63) is 29.8 Å². The first-order valence-corrected chi connectivity index (χ1v) is 9.27. The molecule has 1 aromatic rings. The molecule has 0 bridgehead atoms. The van der Waals surface area contributed by atoms with Gasteiger partial charge < -0.3 is 20.9 Å². The molecule has 1 aliphatic carbocycles. The first-order valence-electron chi connectivity index (χ1n) is 9.27. The number of benzene rings is 1. The molecule has 2 heterocycles. The molecule has 2 aliphatic heterocycles. The van der Waals surface area contributed by atoms with Crippen LogP contribution in [0.25, 0.3) is 0 Å². The Labute approximate surface area is 152 Å². The summed E-state index contributed by atoms with van der Waals surface area (Å²) in [6.45, 7) is 2.20. The summed E-state index contributed by atoms with van der Waals surface area (Å²) in [5, 5.41) is 9.44. The lowest BCUT2D eigenvalue weighted by Crippen LogP contribution is -2.58. The van der Waals surface area contributed by atoms with Crippen LogP contribution in [-0.2, 0) is 9.59 Å². The number of fused-ring (bicyclic) bond motifs is 1. The zero-order chi connectivity index (χ0) is 18.3. The monoisotopic (exact) mass is 356 g/mol. The van der Waals surface area contributed by atoms with E-state index in [1.165, 1.54) is 0 Å². The van der Waals surface area contributed by atoms with Crippen LogP contribution in [0.15, 0.2) is 24.3 Å². The van der Waals surface area contributed by atoms with Crippen LogP contribution in [-0.4, -0.2) is 46.9 Å². The fourth-order valence-electron chi connectivity index (χ4n) is 3.74. The normalized spacial score (nSPS) is 26.4. The SMILES string of the molecule is C[C@@H](C(=O)NC1CC1)N1CC[C@@]2(CCC1=O)NC(=O)c1ccccc1N2. The van der Waals surface area contributed by atoms with E-state index in [4.69, 9.17) is 0 Å². The molecule has 2 atom stereocenters. The summed E-state index contributed by atoms with van der Waals surface area (Å²) in [7, 11) is 0. The highest BCUT2D eigenvalue weighted by Crippen LogP contribution is 2.32. The van der Waals surface area contributed by atoms with Gasteiger partial charge in [0.1, 0.15) is 11.7 Å². The number of carbonyl (C=O) groups excluding carboxylic acids is 3. The highest BCUT2D eigenvalue weighted by Gasteiger charge is 2.42. The van der Waals surface area contributed by atoms with Crippen molar-refractivity contribution in [2.75, 3.05) is 11.9 Å². The third-order valence-corrected chi connectivity index (χ3v) is 5.53. The van der Waals surface area contributed by atoms with Crippen LogP contribution in [0, 0.1) is 0 Å². The summed E-state index contributed by atoms with van der Waals surface area (Å²) in [6, 6.07) is 7.15. The number of carbonyl (C=O) groups is 3. The molecule has 4 rings (SSSR count). The van der Waals surface area contributed by atoms with E-state index >= 15 is 0 Å². The summed E-state index contributed by atoms with van der Waals surface area (Å²) in [6.07, 6.45) is 3.38. The van der Waals surface area contributed by atoms with Crippen molar-refractivity contribution in [1.82, 2.24) is 15.5 Å². The third kappa shape index (κ3) is 3.13. The van der Waals surface area contributed by atoms with Gasteiger partial charge in [-0.15, -0.1) is 0 Å². The summed E-state index contributed by atoms with van der Waals surface area (Å²) < 4.78 is 0. The van der Waals surface area contributed by atoms with Crippen molar-refractivity contribution >= 4 is 23.4 Å². The number of hydrogen-bond acceptors (Lipinski definition) is 4. The maximum atomic E-state index is 12.6. The topological polar surface area (TPSA) is 90.5 Å². The quantitative estimate of drug-likeness (QED) is 0.759. The van der Waals surface area contributed by atoms with E-state index in [0.717, 1.165) is 18.5 Å². The number of hydrogen-bond donors (Lipinski definition) is 3. The Morgan fingerprint density at radius 3 is 2.77 bits per heavy atom. The van der Waals surface area contributed by atoms with E-state index in [9.17, 15) is 14.4 Å². The lowest BCUT2D eigenvalue weighted by Gasteiger charge is -2.40.